The largest absolute Gasteiger partial charge is 0.454 e. The molecule has 1 amide bonds. The predicted octanol–water partition coefficient (Wildman–Crippen LogP) is 3.96. The molecular weight excluding hydrogens is 374 g/mol. The maximum absolute atomic E-state index is 12.6. The first-order valence-corrected chi connectivity index (χ1v) is 9.69. The lowest BCUT2D eigenvalue weighted by Crippen LogP contribution is -2.21. The Morgan fingerprint density at radius 3 is 2.89 bits per heavy atom. The van der Waals surface area contributed by atoms with Gasteiger partial charge in [-0.2, -0.15) is 0 Å². The molecular formula is C21H17N3O3S. The van der Waals surface area contributed by atoms with Gasteiger partial charge in [-0.1, -0.05) is 18.2 Å². The number of fused-ring (bicyclic) bond motifs is 2. The summed E-state index contributed by atoms with van der Waals surface area (Å²) in [6, 6.07) is 17.5. The SMILES string of the molecule is Cn1c(-c2ccc(C(=O)NCc3ccc4c(c3)OCO4)s2)nc2ccccc21. The molecule has 2 aromatic carbocycles. The Hall–Kier alpha value is -3.32. The van der Waals surface area contributed by atoms with E-state index in [2.05, 4.69) is 9.88 Å². The number of nitrogens with zero attached hydrogens (tertiary/aromatic N) is 2. The molecule has 7 heteroatoms. The van der Waals surface area contributed by atoms with E-state index < -0.39 is 0 Å². The molecule has 140 valence electrons. The van der Waals surface area contributed by atoms with Crippen LogP contribution in [0.15, 0.2) is 54.6 Å². The van der Waals surface area contributed by atoms with E-state index in [-0.39, 0.29) is 12.7 Å². The Morgan fingerprint density at radius 2 is 2.00 bits per heavy atom. The van der Waals surface area contributed by atoms with E-state index in [0.29, 0.717) is 17.2 Å². The van der Waals surface area contributed by atoms with E-state index in [1.54, 1.807) is 0 Å². The Bertz CT molecular complexity index is 1190. The van der Waals surface area contributed by atoms with Gasteiger partial charge >= 0.3 is 0 Å². The highest BCUT2D eigenvalue weighted by molar-refractivity contribution is 7.17. The number of ether oxygens (including phenoxy) is 2. The second-order valence-electron chi connectivity index (χ2n) is 6.52. The highest BCUT2D eigenvalue weighted by atomic mass is 32.1. The molecule has 0 fully saturated rings. The third kappa shape index (κ3) is 2.90. The van der Waals surface area contributed by atoms with Crippen molar-refractivity contribution in [1.82, 2.24) is 14.9 Å². The highest BCUT2D eigenvalue weighted by Crippen LogP contribution is 2.33. The zero-order valence-electron chi connectivity index (χ0n) is 15.1. The third-order valence-corrected chi connectivity index (χ3v) is 5.81. The lowest BCUT2D eigenvalue weighted by atomic mass is 10.2. The summed E-state index contributed by atoms with van der Waals surface area (Å²) in [4.78, 5) is 18.9. The number of aromatic nitrogens is 2. The number of aryl methyl sites for hydroxylation is 1. The number of hydrogen-bond acceptors (Lipinski definition) is 5. The van der Waals surface area contributed by atoms with Crippen LogP contribution in [-0.2, 0) is 13.6 Å². The van der Waals surface area contributed by atoms with E-state index in [9.17, 15) is 4.79 Å². The molecule has 6 nitrogen and oxygen atoms in total. The molecule has 4 aromatic rings. The summed E-state index contributed by atoms with van der Waals surface area (Å²) in [7, 11) is 1.99. The van der Waals surface area contributed by atoms with Crippen LogP contribution in [0.4, 0.5) is 0 Å². The Morgan fingerprint density at radius 1 is 1.14 bits per heavy atom. The van der Waals surface area contributed by atoms with Crippen LogP contribution >= 0.6 is 11.3 Å². The minimum absolute atomic E-state index is 0.104. The van der Waals surface area contributed by atoms with Gasteiger partial charge in [0.25, 0.3) is 5.91 Å². The van der Waals surface area contributed by atoms with Gasteiger partial charge in [0.15, 0.2) is 17.3 Å². The Balaban J connectivity index is 1.32. The van der Waals surface area contributed by atoms with Crippen LogP contribution in [0.3, 0.4) is 0 Å². The van der Waals surface area contributed by atoms with Crippen molar-refractivity contribution in [3.8, 4) is 22.2 Å². The standard InChI is InChI=1S/C21H17N3O3S/c1-24-15-5-3-2-4-14(15)23-20(24)18-8-9-19(28-18)21(25)22-11-13-6-7-16-17(10-13)27-12-26-16/h2-10H,11-12H2,1H3,(H,22,25). The molecule has 1 aliphatic rings. The topological polar surface area (TPSA) is 65.4 Å². The summed E-state index contributed by atoms with van der Waals surface area (Å²) in [5.41, 5.74) is 2.98. The van der Waals surface area contributed by atoms with Crippen molar-refractivity contribution in [1.29, 1.82) is 0 Å². The number of para-hydroxylation sites is 2. The smallest absolute Gasteiger partial charge is 0.261 e. The van der Waals surface area contributed by atoms with Crippen LogP contribution in [0, 0.1) is 0 Å². The van der Waals surface area contributed by atoms with E-state index in [0.717, 1.165) is 33.0 Å². The number of nitrogens with one attached hydrogen (secondary N) is 1. The molecule has 0 bridgehead atoms. The molecule has 0 saturated heterocycles. The Kier molecular flexibility index (Phi) is 4.02. The van der Waals surface area contributed by atoms with Gasteiger partial charge in [0, 0.05) is 13.6 Å². The molecule has 1 N–H and O–H groups in total. The predicted molar refractivity (Wildman–Crippen MR) is 108 cm³/mol. The molecule has 0 unspecified atom stereocenters. The second kappa shape index (κ2) is 6.69. The summed E-state index contributed by atoms with van der Waals surface area (Å²) in [5, 5.41) is 2.96. The lowest BCUT2D eigenvalue weighted by molar-refractivity contribution is 0.0955. The van der Waals surface area contributed by atoms with Gasteiger partial charge in [-0.25, -0.2) is 4.98 Å². The average molecular weight is 391 g/mol. The van der Waals surface area contributed by atoms with Crippen molar-refractivity contribution in [3.05, 3.63) is 65.0 Å². The normalized spacial score (nSPS) is 12.5. The van der Waals surface area contributed by atoms with Gasteiger partial charge in [-0.05, 0) is 42.0 Å². The van der Waals surface area contributed by atoms with Gasteiger partial charge < -0.3 is 19.4 Å². The van der Waals surface area contributed by atoms with Crippen LogP contribution in [0.2, 0.25) is 0 Å². The fraction of sp³-hybridized carbons (Fsp3) is 0.143. The zero-order chi connectivity index (χ0) is 19.1. The maximum Gasteiger partial charge on any atom is 0.261 e. The highest BCUT2D eigenvalue weighted by Gasteiger charge is 2.16. The van der Waals surface area contributed by atoms with Crippen molar-refractivity contribution in [2.45, 2.75) is 6.54 Å². The molecule has 1 aliphatic heterocycles. The van der Waals surface area contributed by atoms with Gasteiger partial charge in [-0.15, -0.1) is 11.3 Å². The number of imidazole rings is 1. The summed E-state index contributed by atoms with van der Waals surface area (Å²) >= 11 is 1.44. The first-order chi connectivity index (χ1) is 13.7. The van der Waals surface area contributed by atoms with Crippen LogP contribution < -0.4 is 14.8 Å². The Labute approximate surface area is 165 Å². The number of thiophene rings is 1. The molecule has 0 radical (unpaired) electrons. The molecule has 3 heterocycles. The first kappa shape index (κ1) is 16.8. The molecule has 0 atom stereocenters. The van der Waals surface area contributed by atoms with Crippen LogP contribution in [0.5, 0.6) is 11.5 Å². The van der Waals surface area contributed by atoms with Crippen LogP contribution in [0.1, 0.15) is 15.2 Å². The molecule has 28 heavy (non-hydrogen) atoms. The van der Waals surface area contributed by atoms with E-state index >= 15 is 0 Å². The van der Waals surface area contributed by atoms with E-state index in [4.69, 9.17) is 14.5 Å². The lowest BCUT2D eigenvalue weighted by Gasteiger charge is -2.05. The molecule has 5 rings (SSSR count). The first-order valence-electron chi connectivity index (χ1n) is 8.87. The third-order valence-electron chi connectivity index (χ3n) is 4.73. The quantitative estimate of drug-likeness (QED) is 0.572. The number of benzene rings is 2. The second-order valence-corrected chi connectivity index (χ2v) is 7.60. The van der Waals surface area contributed by atoms with E-state index in [1.165, 1.54) is 11.3 Å². The van der Waals surface area contributed by atoms with Crippen molar-refractivity contribution in [2.24, 2.45) is 7.05 Å². The van der Waals surface area contributed by atoms with Gasteiger partial charge in [-0.3, -0.25) is 4.79 Å². The molecule has 0 spiro atoms. The molecule has 0 saturated carbocycles. The van der Waals surface area contributed by atoms with Crippen molar-refractivity contribution < 1.29 is 14.3 Å². The van der Waals surface area contributed by atoms with Crippen LogP contribution in [0.25, 0.3) is 21.7 Å². The monoisotopic (exact) mass is 391 g/mol. The minimum atomic E-state index is -0.104. The van der Waals surface area contributed by atoms with Crippen molar-refractivity contribution in [3.63, 3.8) is 0 Å². The summed E-state index contributed by atoms with van der Waals surface area (Å²) in [6.45, 7) is 0.667. The molecule has 0 aliphatic carbocycles. The average Bonchev–Trinajstić information content (AvgIpc) is 3.44. The number of amides is 1. The summed E-state index contributed by atoms with van der Waals surface area (Å²) in [6.07, 6.45) is 0. The van der Waals surface area contributed by atoms with Crippen molar-refractivity contribution in [2.75, 3.05) is 6.79 Å². The maximum atomic E-state index is 12.6. The summed E-state index contributed by atoms with van der Waals surface area (Å²) in [5.74, 6) is 2.21. The number of carbonyl (C=O) groups is 1. The van der Waals surface area contributed by atoms with Gasteiger partial charge in [0.2, 0.25) is 6.79 Å². The zero-order valence-corrected chi connectivity index (χ0v) is 16.0. The number of hydrogen-bond donors (Lipinski definition) is 1. The van der Waals surface area contributed by atoms with E-state index in [1.807, 2.05) is 61.6 Å². The number of rotatable bonds is 4. The molecule has 2 aromatic heterocycles. The fourth-order valence-electron chi connectivity index (χ4n) is 3.27. The number of carbonyl (C=O) groups excluding carboxylic acids is 1. The fourth-order valence-corrected chi connectivity index (χ4v) is 4.21. The van der Waals surface area contributed by atoms with Gasteiger partial charge in [0.05, 0.1) is 20.8 Å². The van der Waals surface area contributed by atoms with Crippen molar-refractivity contribution >= 4 is 28.3 Å². The summed E-state index contributed by atoms with van der Waals surface area (Å²) < 4.78 is 12.7. The van der Waals surface area contributed by atoms with Crippen LogP contribution in [-0.4, -0.2) is 22.3 Å². The van der Waals surface area contributed by atoms with Gasteiger partial charge in [0.1, 0.15) is 0 Å². The minimum Gasteiger partial charge on any atom is -0.454 e.